The standard InChI is InChI=1S/C30H22O2/c1-5-13-23(14-6-1)27-21-22-28(31-25-17-9-3-10-18-25)29(24-15-7-2-8-16-24)30(27)32-26-19-11-4-12-20-26/h1-22H. The van der Waals surface area contributed by atoms with Crippen molar-refractivity contribution in [1.29, 1.82) is 0 Å². The molecule has 0 saturated carbocycles. The molecule has 5 aromatic rings. The van der Waals surface area contributed by atoms with E-state index in [1.54, 1.807) is 0 Å². The van der Waals surface area contributed by atoms with Gasteiger partial charge in [-0.1, -0.05) is 97.1 Å². The summed E-state index contributed by atoms with van der Waals surface area (Å²) in [6, 6.07) is 44.3. The Bertz CT molecular complexity index is 1280. The summed E-state index contributed by atoms with van der Waals surface area (Å²) < 4.78 is 12.9. The molecule has 2 nitrogen and oxygen atoms in total. The molecule has 32 heavy (non-hydrogen) atoms. The molecule has 0 fully saturated rings. The summed E-state index contributed by atoms with van der Waals surface area (Å²) in [5, 5.41) is 0. The summed E-state index contributed by atoms with van der Waals surface area (Å²) in [7, 11) is 0. The second kappa shape index (κ2) is 9.23. The molecule has 0 unspecified atom stereocenters. The van der Waals surface area contributed by atoms with Gasteiger partial charge in [-0.3, -0.25) is 0 Å². The van der Waals surface area contributed by atoms with E-state index >= 15 is 0 Å². The van der Waals surface area contributed by atoms with Crippen LogP contribution in [-0.4, -0.2) is 0 Å². The Kier molecular flexibility index (Phi) is 5.67. The maximum atomic E-state index is 6.55. The number of rotatable bonds is 6. The number of para-hydroxylation sites is 2. The van der Waals surface area contributed by atoms with Crippen LogP contribution in [0, 0.1) is 0 Å². The van der Waals surface area contributed by atoms with Crippen molar-refractivity contribution in [2.24, 2.45) is 0 Å². The normalized spacial score (nSPS) is 10.5. The van der Waals surface area contributed by atoms with E-state index in [1.807, 2.05) is 103 Å². The Morgan fingerprint density at radius 1 is 0.375 bits per heavy atom. The fourth-order valence-corrected chi connectivity index (χ4v) is 3.70. The Morgan fingerprint density at radius 2 is 0.844 bits per heavy atom. The van der Waals surface area contributed by atoms with Crippen molar-refractivity contribution >= 4 is 0 Å². The van der Waals surface area contributed by atoms with Gasteiger partial charge in [0.15, 0.2) is 0 Å². The number of hydrogen-bond acceptors (Lipinski definition) is 2. The van der Waals surface area contributed by atoms with Crippen molar-refractivity contribution in [1.82, 2.24) is 0 Å². The minimum absolute atomic E-state index is 0.744. The van der Waals surface area contributed by atoms with E-state index in [0.717, 1.165) is 45.3 Å². The minimum Gasteiger partial charge on any atom is -0.457 e. The lowest BCUT2D eigenvalue weighted by molar-refractivity contribution is 0.465. The van der Waals surface area contributed by atoms with Crippen LogP contribution in [0.2, 0.25) is 0 Å². The molecule has 0 atom stereocenters. The lowest BCUT2D eigenvalue weighted by Crippen LogP contribution is -1.96. The highest BCUT2D eigenvalue weighted by molar-refractivity contribution is 5.87. The maximum absolute atomic E-state index is 6.55. The molecular formula is C30H22O2. The molecular weight excluding hydrogens is 392 g/mol. The van der Waals surface area contributed by atoms with Gasteiger partial charge >= 0.3 is 0 Å². The topological polar surface area (TPSA) is 18.5 Å². The van der Waals surface area contributed by atoms with Gasteiger partial charge < -0.3 is 9.47 Å². The molecule has 5 aromatic carbocycles. The first-order valence-electron chi connectivity index (χ1n) is 10.6. The molecule has 5 rings (SSSR count). The molecule has 0 aliphatic heterocycles. The second-order valence-corrected chi connectivity index (χ2v) is 7.38. The highest BCUT2D eigenvalue weighted by atomic mass is 16.5. The Morgan fingerprint density at radius 3 is 1.41 bits per heavy atom. The summed E-state index contributed by atoms with van der Waals surface area (Å²) in [6.45, 7) is 0. The van der Waals surface area contributed by atoms with Gasteiger partial charge in [0.05, 0.1) is 5.56 Å². The van der Waals surface area contributed by atoms with E-state index < -0.39 is 0 Å². The van der Waals surface area contributed by atoms with Crippen molar-refractivity contribution < 1.29 is 9.47 Å². The third-order valence-electron chi connectivity index (χ3n) is 5.20. The minimum atomic E-state index is 0.744. The van der Waals surface area contributed by atoms with E-state index in [-0.39, 0.29) is 0 Å². The van der Waals surface area contributed by atoms with Crippen LogP contribution in [-0.2, 0) is 0 Å². The quantitative estimate of drug-likeness (QED) is 0.277. The van der Waals surface area contributed by atoms with E-state index in [4.69, 9.17) is 9.47 Å². The van der Waals surface area contributed by atoms with Crippen LogP contribution in [0.25, 0.3) is 22.3 Å². The second-order valence-electron chi connectivity index (χ2n) is 7.38. The summed E-state index contributed by atoms with van der Waals surface area (Å²) in [6.07, 6.45) is 0. The van der Waals surface area contributed by atoms with E-state index in [9.17, 15) is 0 Å². The third-order valence-corrected chi connectivity index (χ3v) is 5.20. The lowest BCUT2D eigenvalue weighted by atomic mass is 9.96. The van der Waals surface area contributed by atoms with Crippen molar-refractivity contribution in [3.8, 4) is 45.3 Å². The summed E-state index contributed by atoms with van der Waals surface area (Å²) in [5.74, 6) is 3.07. The van der Waals surface area contributed by atoms with E-state index in [1.165, 1.54) is 0 Å². The first kappa shape index (κ1) is 19.7. The van der Waals surface area contributed by atoms with Gasteiger partial charge in [0.25, 0.3) is 0 Å². The molecule has 0 bridgehead atoms. The van der Waals surface area contributed by atoms with Gasteiger partial charge in [-0.05, 0) is 47.5 Å². The molecule has 0 amide bonds. The SMILES string of the molecule is c1ccc(Oc2ccc(-c3ccccc3)c(Oc3ccccc3)c2-c2ccccc2)cc1. The van der Waals surface area contributed by atoms with Crippen molar-refractivity contribution in [3.05, 3.63) is 133 Å². The molecule has 0 aliphatic rings. The zero-order valence-corrected chi connectivity index (χ0v) is 17.5. The van der Waals surface area contributed by atoms with Gasteiger partial charge in [-0.25, -0.2) is 0 Å². The average Bonchev–Trinajstić information content (AvgIpc) is 2.87. The summed E-state index contributed by atoms with van der Waals surface area (Å²) in [4.78, 5) is 0. The molecule has 0 spiro atoms. The third kappa shape index (κ3) is 4.26. The number of benzene rings is 5. The molecule has 0 aromatic heterocycles. The van der Waals surface area contributed by atoms with Crippen molar-refractivity contribution in [2.45, 2.75) is 0 Å². The van der Waals surface area contributed by atoms with Crippen LogP contribution in [0.4, 0.5) is 0 Å². The zero-order valence-electron chi connectivity index (χ0n) is 17.5. The highest BCUT2D eigenvalue weighted by Gasteiger charge is 2.20. The molecule has 154 valence electrons. The average molecular weight is 415 g/mol. The van der Waals surface area contributed by atoms with Gasteiger partial charge in [0.1, 0.15) is 23.0 Å². The molecule has 0 aliphatic carbocycles. The molecule has 0 radical (unpaired) electrons. The maximum Gasteiger partial charge on any atom is 0.146 e. The molecule has 0 heterocycles. The van der Waals surface area contributed by atoms with Crippen LogP contribution < -0.4 is 9.47 Å². The lowest BCUT2D eigenvalue weighted by Gasteiger charge is -2.20. The van der Waals surface area contributed by atoms with Crippen LogP contribution in [0.3, 0.4) is 0 Å². The predicted octanol–water partition coefficient (Wildman–Crippen LogP) is 8.61. The zero-order chi connectivity index (χ0) is 21.6. The predicted molar refractivity (Wildman–Crippen MR) is 130 cm³/mol. The van der Waals surface area contributed by atoms with Crippen LogP contribution >= 0.6 is 0 Å². The number of ether oxygens (including phenoxy) is 2. The summed E-state index contributed by atoms with van der Waals surface area (Å²) >= 11 is 0. The van der Waals surface area contributed by atoms with Crippen molar-refractivity contribution in [2.75, 3.05) is 0 Å². The van der Waals surface area contributed by atoms with Gasteiger partial charge in [-0.2, -0.15) is 0 Å². The van der Waals surface area contributed by atoms with Gasteiger partial charge in [0.2, 0.25) is 0 Å². The highest BCUT2D eigenvalue weighted by Crippen LogP contribution is 2.47. The van der Waals surface area contributed by atoms with Crippen LogP contribution in [0.1, 0.15) is 0 Å². The fraction of sp³-hybridized carbons (Fsp3) is 0. The Balaban J connectivity index is 1.74. The molecule has 0 saturated heterocycles. The van der Waals surface area contributed by atoms with Gasteiger partial charge in [-0.15, -0.1) is 0 Å². The summed E-state index contributed by atoms with van der Waals surface area (Å²) in [5.41, 5.74) is 4.04. The molecule has 0 N–H and O–H groups in total. The van der Waals surface area contributed by atoms with E-state index in [2.05, 4.69) is 30.3 Å². The molecule has 2 heteroatoms. The Labute approximate surface area is 188 Å². The van der Waals surface area contributed by atoms with Crippen LogP contribution in [0.15, 0.2) is 133 Å². The smallest absolute Gasteiger partial charge is 0.146 e. The Hall–Kier alpha value is -4.30. The first-order chi connectivity index (χ1) is 15.9. The van der Waals surface area contributed by atoms with Gasteiger partial charge in [0, 0.05) is 5.56 Å². The van der Waals surface area contributed by atoms with Crippen LogP contribution in [0.5, 0.6) is 23.0 Å². The first-order valence-corrected chi connectivity index (χ1v) is 10.6. The van der Waals surface area contributed by atoms with E-state index in [0.29, 0.717) is 0 Å². The monoisotopic (exact) mass is 414 g/mol. The number of hydrogen-bond donors (Lipinski definition) is 0. The fourth-order valence-electron chi connectivity index (χ4n) is 3.70. The largest absolute Gasteiger partial charge is 0.457 e. The van der Waals surface area contributed by atoms with Crippen molar-refractivity contribution in [3.63, 3.8) is 0 Å².